The van der Waals surface area contributed by atoms with Gasteiger partial charge < -0.3 is 9.84 Å². The van der Waals surface area contributed by atoms with Gasteiger partial charge in [0.05, 0.1) is 6.20 Å². The highest BCUT2D eigenvalue weighted by atomic mass is 16.5. The van der Waals surface area contributed by atoms with E-state index in [4.69, 9.17) is 5.11 Å². The molecule has 1 aromatic carbocycles. The summed E-state index contributed by atoms with van der Waals surface area (Å²) in [5, 5.41) is 8.51. The van der Waals surface area contributed by atoms with E-state index in [1.807, 2.05) is 30.3 Å². The minimum atomic E-state index is -1.20. The number of aromatic nitrogens is 2. The largest absolute Gasteiger partial charge is 0.479 e. The Morgan fingerprint density at radius 2 is 2.00 bits per heavy atom. The maximum Gasteiger partial charge on any atom is 0.405 e. The Hall–Kier alpha value is -2.76. The number of nitrogens with zero attached hydrogens (tertiary/aromatic N) is 2. The van der Waals surface area contributed by atoms with E-state index < -0.39 is 18.5 Å². The molecule has 0 radical (unpaired) electrons. The van der Waals surface area contributed by atoms with E-state index in [9.17, 15) is 9.59 Å². The van der Waals surface area contributed by atoms with Crippen molar-refractivity contribution >= 4 is 11.9 Å². The van der Waals surface area contributed by atoms with Gasteiger partial charge in [-0.25, -0.2) is 9.59 Å². The third-order valence-electron chi connectivity index (χ3n) is 2.57. The summed E-state index contributed by atoms with van der Waals surface area (Å²) in [5.74, 6) is -1.91. The molecule has 0 unspecified atom stereocenters. The second kappa shape index (κ2) is 6.42. The van der Waals surface area contributed by atoms with Gasteiger partial charge in [0.15, 0.2) is 19.3 Å². The molecule has 0 amide bonds. The van der Waals surface area contributed by atoms with Gasteiger partial charge >= 0.3 is 17.6 Å². The highest BCUT2D eigenvalue weighted by Gasteiger charge is 2.21. The normalized spacial score (nSPS) is 10.0. The first-order chi connectivity index (χ1) is 9.66. The van der Waals surface area contributed by atoms with Crippen molar-refractivity contribution in [1.29, 1.82) is 0 Å². The Morgan fingerprint density at radius 3 is 2.70 bits per heavy atom. The number of hydrogen-bond donors (Lipinski definition) is 1. The van der Waals surface area contributed by atoms with Crippen molar-refractivity contribution in [1.82, 2.24) is 4.98 Å². The van der Waals surface area contributed by atoms with Crippen LogP contribution in [0.1, 0.15) is 16.1 Å². The van der Waals surface area contributed by atoms with E-state index in [0.29, 0.717) is 6.54 Å². The van der Waals surface area contributed by atoms with Crippen LogP contribution in [0.5, 0.6) is 0 Å². The molecular formula is C14H13N2O4+. The lowest BCUT2D eigenvalue weighted by atomic mass is 10.2. The number of esters is 1. The van der Waals surface area contributed by atoms with Crippen LogP contribution in [0.4, 0.5) is 0 Å². The number of ether oxygens (including phenoxy) is 1. The van der Waals surface area contributed by atoms with Gasteiger partial charge in [0.1, 0.15) is 6.20 Å². The smallest absolute Gasteiger partial charge is 0.405 e. The molecule has 0 saturated heterocycles. The van der Waals surface area contributed by atoms with Gasteiger partial charge in [-0.3, -0.25) is 4.98 Å². The first-order valence-electron chi connectivity index (χ1n) is 5.93. The number of carboxylic acid groups (broad SMARTS) is 1. The fourth-order valence-corrected chi connectivity index (χ4v) is 1.68. The molecular weight excluding hydrogens is 260 g/mol. The third-order valence-corrected chi connectivity index (χ3v) is 2.57. The molecule has 0 aliphatic carbocycles. The standard InChI is InChI=1S/C14H12N2O4/c17-13(18)10-20-14(19)12-8-15-6-7-16(12)9-11-4-2-1-3-5-11/h1-8H,9-10H2/p+1. The number of hydrogen-bond acceptors (Lipinski definition) is 4. The Kier molecular flexibility index (Phi) is 4.39. The first kappa shape index (κ1) is 13.7. The van der Waals surface area contributed by atoms with Crippen molar-refractivity contribution in [3.63, 3.8) is 0 Å². The van der Waals surface area contributed by atoms with E-state index in [1.165, 1.54) is 6.20 Å². The van der Waals surface area contributed by atoms with Gasteiger partial charge in [-0.15, -0.1) is 0 Å². The fourth-order valence-electron chi connectivity index (χ4n) is 1.68. The summed E-state index contributed by atoms with van der Waals surface area (Å²) in [7, 11) is 0. The molecule has 0 bridgehead atoms. The van der Waals surface area contributed by atoms with Crippen molar-refractivity contribution in [2.24, 2.45) is 0 Å². The molecule has 0 atom stereocenters. The fraction of sp³-hybridized carbons (Fsp3) is 0.143. The number of benzene rings is 1. The molecule has 2 rings (SSSR count). The second-order valence-corrected chi connectivity index (χ2v) is 4.04. The third kappa shape index (κ3) is 3.61. The van der Waals surface area contributed by atoms with Crippen molar-refractivity contribution in [3.05, 3.63) is 60.2 Å². The number of carboxylic acids is 1. The molecule has 1 N–H and O–H groups in total. The summed E-state index contributed by atoms with van der Waals surface area (Å²) < 4.78 is 6.33. The van der Waals surface area contributed by atoms with Crippen LogP contribution >= 0.6 is 0 Å². The van der Waals surface area contributed by atoms with Gasteiger partial charge in [-0.2, -0.15) is 4.57 Å². The van der Waals surface area contributed by atoms with Gasteiger partial charge in [0.2, 0.25) is 0 Å². The summed E-state index contributed by atoms with van der Waals surface area (Å²) >= 11 is 0. The molecule has 6 heteroatoms. The predicted molar refractivity (Wildman–Crippen MR) is 67.9 cm³/mol. The summed E-state index contributed by atoms with van der Waals surface area (Å²) in [6.07, 6.45) is 4.55. The monoisotopic (exact) mass is 273 g/mol. The quantitative estimate of drug-likeness (QED) is 0.639. The van der Waals surface area contributed by atoms with Gasteiger partial charge in [0.25, 0.3) is 0 Å². The Balaban J connectivity index is 2.18. The molecule has 0 saturated carbocycles. The van der Waals surface area contributed by atoms with Crippen molar-refractivity contribution < 1.29 is 24.0 Å². The van der Waals surface area contributed by atoms with E-state index in [2.05, 4.69) is 9.72 Å². The maximum atomic E-state index is 11.8. The number of rotatable bonds is 5. The zero-order valence-electron chi connectivity index (χ0n) is 10.6. The molecule has 1 heterocycles. The maximum absolute atomic E-state index is 11.8. The number of carbonyl (C=O) groups is 2. The zero-order chi connectivity index (χ0) is 14.4. The van der Waals surface area contributed by atoms with Crippen LogP contribution in [0.25, 0.3) is 0 Å². The summed E-state index contributed by atoms with van der Waals surface area (Å²) in [6, 6.07) is 9.57. The SMILES string of the molecule is O=C(O)COC(=O)c1cncc[n+]1Cc1ccccc1. The molecule has 0 aliphatic rings. The topological polar surface area (TPSA) is 80.4 Å². The zero-order valence-corrected chi connectivity index (χ0v) is 10.6. The minimum Gasteiger partial charge on any atom is -0.479 e. The van der Waals surface area contributed by atoms with Crippen LogP contribution in [-0.4, -0.2) is 28.6 Å². The van der Waals surface area contributed by atoms with Crippen LogP contribution in [0.3, 0.4) is 0 Å². The van der Waals surface area contributed by atoms with Crippen LogP contribution in [0.15, 0.2) is 48.9 Å². The average molecular weight is 273 g/mol. The lowest BCUT2D eigenvalue weighted by molar-refractivity contribution is -0.691. The van der Waals surface area contributed by atoms with E-state index in [1.54, 1.807) is 17.0 Å². The van der Waals surface area contributed by atoms with Crippen molar-refractivity contribution in [2.45, 2.75) is 6.54 Å². The number of carbonyl (C=O) groups excluding carboxylic acids is 1. The molecule has 1 aromatic heterocycles. The van der Waals surface area contributed by atoms with Crippen LogP contribution < -0.4 is 4.57 Å². The lowest BCUT2D eigenvalue weighted by Gasteiger charge is -2.03. The Morgan fingerprint density at radius 1 is 1.25 bits per heavy atom. The molecule has 0 fully saturated rings. The van der Waals surface area contributed by atoms with Crippen molar-refractivity contribution in [2.75, 3.05) is 6.61 Å². The highest BCUT2D eigenvalue weighted by molar-refractivity contribution is 5.86. The molecule has 0 spiro atoms. The Bertz CT molecular complexity index is 614. The van der Waals surface area contributed by atoms with Crippen LogP contribution in [-0.2, 0) is 16.1 Å². The predicted octanol–water partition coefficient (Wildman–Crippen LogP) is 0.659. The molecule has 0 aliphatic heterocycles. The highest BCUT2D eigenvalue weighted by Crippen LogP contribution is 2.00. The number of aliphatic carboxylic acids is 1. The summed E-state index contributed by atoms with van der Waals surface area (Å²) in [5.41, 5.74) is 1.22. The van der Waals surface area contributed by atoms with E-state index in [0.717, 1.165) is 5.56 Å². The van der Waals surface area contributed by atoms with Gasteiger partial charge in [-0.1, -0.05) is 30.3 Å². The van der Waals surface area contributed by atoms with E-state index in [-0.39, 0.29) is 5.69 Å². The lowest BCUT2D eigenvalue weighted by Crippen LogP contribution is -2.41. The van der Waals surface area contributed by atoms with E-state index >= 15 is 0 Å². The second-order valence-electron chi connectivity index (χ2n) is 4.04. The summed E-state index contributed by atoms with van der Waals surface area (Å²) in [6.45, 7) is -0.195. The molecule has 2 aromatic rings. The molecule has 6 nitrogen and oxygen atoms in total. The summed E-state index contributed by atoms with van der Waals surface area (Å²) in [4.78, 5) is 26.1. The minimum absolute atomic E-state index is 0.206. The van der Waals surface area contributed by atoms with Gasteiger partial charge in [-0.05, 0) is 0 Å². The van der Waals surface area contributed by atoms with Crippen molar-refractivity contribution in [3.8, 4) is 0 Å². The van der Waals surface area contributed by atoms with Crippen LogP contribution in [0, 0.1) is 0 Å². The Labute approximate surface area is 115 Å². The van der Waals surface area contributed by atoms with Gasteiger partial charge in [0, 0.05) is 5.56 Å². The molecule has 102 valence electrons. The average Bonchev–Trinajstić information content (AvgIpc) is 2.46. The molecule has 20 heavy (non-hydrogen) atoms. The first-order valence-corrected chi connectivity index (χ1v) is 5.93. The van der Waals surface area contributed by atoms with Crippen LogP contribution in [0.2, 0.25) is 0 Å².